The number of carbonyl (C=O) groups is 2. The standard InChI is InChI=1S/C26H43NO2/c1-6-7-8-9-10-11-12-13-14-16-22(28)19-25(29)27-26-23(20(2)3)17-15-18-24(26)21(4)5/h15,17-18,20-21H,6-14,16,19H2,1-5H3,(H,27,29). The van der Waals surface area contributed by atoms with E-state index in [0.29, 0.717) is 18.3 Å². The summed E-state index contributed by atoms with van der Waals surface area (Å²) in [6.07, 6.45) is 11.6. The van der Waals surface area contributed by atoms with E-state index in [1.165, 1.54) is 44.9 Å². The van der Waals surface area contributed by atoms with E-state index in [4.69, 9.17) is 0 Å². The lowest BCUT2D eigenvalue weighted by Crippen LogP contribution is -2.19. The minimum atomic E-state index is -0.180. The molecule has 0 spiro atoms. The van der Waals surface area contributed by atoms with Crippen molar-refractivity contribution >= 4 is 17.4 Å². The molecule has 0 aliphatic heterocycles. The van der Waals surface area contributed by atoms with Gasteiger partial charge in [0.1, 0.15) is 5.78 Å². The molecule has 0 unspecified atom stereocenters. The lowest BCUT2D eigenvalue weighted by Gasteiger charge is -2.20. The van der Waals surface area contributed by atoms with E-state index in [0.717, 1.165) is 29.7 Å². The van der Waals surface area contributed by atoms with Crippen LogP contribution in [-0.4, -0.2) is 11.7 Å². The SMILES string of the molecule is CCCCCCCCCCCC(=O)CC(=O)Nc1c(C(C)C)cccc1C(C)C. The highest BCUT2D eigenvalue weighted by atomic mass is 16.2. The number of hydrogen-bond donors (Lipinski definition) is 1. The van der Waals surface area contributed by atoms with Gasteiger partial charge in [-0.2, -0.15) is 0 Å². The van der Waals surface area contributed by atoms with Gasteiger partial charge >= 0.3 is 0 Å². The van der Waals surface area contributed by atoms with E-state index in [1.807, 2.05) is 0 Å². The molecule has 0 aromatic heterocycles. The zero-order valence-corrected chi connectivity index (χ0v) is 19.5. The van der Waals surface area contributed by atoms with Crippen molar-refractivity contribution in [3.05, 3.63) is 29.3 Å². The molecule has 29 heavy (non-hydrogen) atoms. The first-order valence-electron chi connectivity index (χ1n) is 11.8. The van der Waals surface area contributed by atoms with Crippen molar-refractivity contribution in [2.75, 3.05) is 5.32 Å². The maximum Gasteiger partial charge on any atom is 0.231 e. The van der Waals surface area contributed by atoms with Crippen molar-refractivity contribution in [3.8, 4) is 0 Å². The molecule has 1 aromatic rings. The Labute approximate surface area is 179 Å². The van der Waals surface area contributed by atoms with Crippen molar-refractivity contribution in [1.29, 1.82) is 0 Å². The summed E-state index contributed by atoms with van der Waals surface area (Å²) in [5.74, 6) is 0.517. The molecule has 1 rings (SSSR count). The maximum absolute atomic E-state index is 12.5. The van der Waals surface area contributed by atoms with Gasteiger partial charge in [-0.1, -0.05) is 104 Å². The Hall–Kier alpha value is -1.64. The van der Waals surface area contributed by atoms with Gasteiger partial charge in [0, 0.05) is 12.1 Å². The summed E-state index contributed by atoms with van der Waals surface area (Å²) in [7, 11) is 0. The molecule has 0 saturated carbocycles. The number of unbranched alkanes of at least 4 members (excludes halogenated alkanes) is 8. The van der Waals surface area contributed by atoms with Crippen molar-refractivity contribution in [1.82, 2.24) is 0 Å². The van der Waals surface area contributed by atoms with Crippen LogP contribution in [0.1, 0.15) is 128 Å². The van der Waals surface area contributed by atoms with Gasteiger partial charge in [0.15, 0.2) is 0 Å². The van der Waals surface area contributed by atoms with Crippen LogP contribution in [-0.2, 0) is 9.59 Å². The molecule has 0 fully saturated rings. The first-order valence-corrected chi connectivity index (χ1v) is 11.8. The van der Waals surface area contributed by atoms with Gasteiger partial charge in [-0.3, -0.25) is 9.59 Å². The second-order valence-electron chi connectivity index (χ2n) is 8.96. The molecular formula is C26H43NO2. The molecule has 0 aliphatic carbocycles. The van der Waals surface area contributed by atoms with Crippen LogP contribution in [0.3, 0.4) is 0 Å². The lowest BCUT2D eigenvalue weighted by molar-refractivity contribution is -0.125. The van der Waals surface area contributed by atoms with Crippen LogP contribution in [0.25, 0.3) is 0 Å². The van der Waals surface area contributed by atoms with Gasteiger partial charge in [0.25, 0.3) is 0 Å². The summed E-state index contributed by atoms with van der Waals surface area (Å²) in [4.78, 5) is 24.7. The molecule has 0 saturated heterocycles. The molecule has 0 atom stereocenters. The maximum atomic E-state index is 12.5. The van der Waals surface area contributed by atoms with Gasteiger partial charge in [-0.15, -0.1) is 0 Å². The van der Waals surface area contributed by atoms with Crippen LogP contribution >= 0.6 is 0 Å². The molecule has 3 heteroatoms. The highest BCUT2D eigenvalue weighted by Crippen LogP contribution is 2.32. The number of Topliss-reactive ketones (excluding diaryl/α,β-unsaturated/α-hetero) is 1. The number of benzene rings is 1. The third kappa shape index (κ3) is 10.1. The van der Waals surface area contributed by atoms with Crippen LogP contribution in [0, 0.1) is 0 Å². The molecule has 1 amide bonds. The summed E-state index contributed by atoms with van der Waals surface area (Å²) in [6, 6.07) is 6.18. The Morgan fingerprint density at radius 1 is 0.793 bits per heavy atom. The van der Waals surface area contributed by atoms with Crippen LogP contribution in [0.4, 0.5) is 5.69 Å². The predicted octanol–water partition coefficient (Wildman–Crippen LogP) is 7.75. The van der Waals surface area contributed by atoms with Crippen molar-refractivity contribution in [2.24, 2.45) is 0 Å². The van der Waals surface area contributed by atoms with E-state index in [1.54, 1.807) is 0 Å². The van der Waals surface area contributed by atoms with E-state index in [9.17, 15) is 9.59 Å². The van der Waals surface area contributed by atoms with Crippen LogP contribution < -0.4 is 5.32 Å². The Kier molecular flexibility index (Phi) is 12.6. The summed E-state index contributed by atoms with van der Waals surface area (Å²) in [5, 5.41) is 3.05. The first-order chi connectivity index (χ1) is 13.9. The van der Waals surface area contributed by atoms with Gasteiger partial charge in [0.2, 0.25) is 5.91 Å². The van der Waals surface area contributed by atoms with E-state index < -0.39 is 0 Å². The van der Waals surface area contributed by atoms with E-state index in [2.05, 4.69) is 58.1 Å². The Morgan fingerprint density at radius 3 is 1.76 bits per heavy atom. The Bertz CT molecular complexity index is 593. The molecule has 0 radical (unpaired) electrons. The number of ketones is 1. The van der Waals surface area contributed by atoms with Crippen molar-refractivity contribution in [2.45, 2.75) is 117 Å². The highest BCUT2D eigenvalue weighted by Gasteiger charge is 2.17. The van der Waals surface area contributed by atoms with Crippen LogP contribution in [0.15, 0.2) is 18.2 Å². The molecule has 164 valence electrons. The fourth-order valence-corrected chi connectivity index (χ4v) is 3.78. The first kappa shape index (κ1) is 25.4. The summed E-state index contributed by atoms with van der Waals surface area (Å²) in [5.41, 5.74) is 3.17. The lowest BCUT2D eigenvalue weighted by atomic mass is 9.92. The Morgan fingerprint density at radius 2 is 1.28 bits per heavy atom. The highest BCUT2D eigenvalue weighted by molar-refractivity contribution is 6.05. The zero-order chi connectivity index (χ0) is 21.6. The fourth-order valence-electron chi connectivity index (χ4n) is 3.78. The zero-order valence-electron chi connectivity index (χ0n) is 19.5. The molecule has 1 aromatic carbocycles. The minimum absolute atomic E-state index is 0.0129. The molecular weight excluding hydrogens is 358 g/mol. The molecule has 3 nitrogen and oxygen atoms in total. The average molecular weight is 402 g/mol. The van der Waals surface area contributed by atoms with Crippen molar-refractivity contribution < 1.29 is 9.59 Å². The average Bonchev–Trinajstić information content (AvgIpc) is 2.66. The summed E-state index contributed by atoms with van der Waals surface area (Å²) < 4.78 is 0. The Balaban J connectivity index is 2.39. The second-order valence-corrected chi connectivity index (χ2v) is 8.96. The molecule has 1 N–H and O–H groups in total. The second kappa shape index (κ2) is 14.4. The van der Waals surface area contributed by atoms with E-state index in [-0.39, 0.29) is 18.1 Å². The van der Waals surface area contributed by atoms with Gasteiger partial charge < -0.3 is 5.32 Å². The molecule has 0 aliphatic rings. The predicted molar refractivity (Wildman–Crippen MR) is 125 cm³/mol. The number of carbonyl (C=O) groups excluding carboxylic acids is 2. The normalized spacial score (nSPS) is 11.3. The smallest absolute Gasteiger partial charge is 0.231 e. The monoisotopic (exact) mass is 401 g/mol. The number of rotatable bonds is 15. The topological polar surface area (TPSA) is 46.2 Å². The van der Waals surface area contributed by atoms with Gasteiger partial charge in [-0.05, 0) is 29.4 Å². The number of hydrogen-bond acceptors (Lipinski definition) is 2. The number of para-hydroxylation sites is 1. The summed E-state index contributed by atoms with van der Waals surface area (Å²) >= 11 is 0. The largest absolute Gasteiger partial charge is 0.325 e. The summed E-state index contributed by atoms with van der Waals surface area (Å²) in [6.45, 7) is 10.8. The quantitative estimate of drug-likeness (QED) is 0.241. The van der Waals surface area contributed by atoms with Crippen molar-refractivity contribution in [3.63, 3.8) is 0 Å². The van der Waals surface area contributed by atoms with Gasteiger partial charge in [-0.25, -0.2) is 0 Å². The van der Waals surface area contributed by atoms with E-state index >= 15 is 0 Å². The molecule has 0 heterocycles. The third-order valence-electron chi connectivity index (χ3n) is 5.55. The fraction of sp³-hybridized carbons (Fsp3) is 0.692. The van der Waals surface area contributed by atoms with Crippen LogP contribution in [0.2, 0.25) is 0 Å². The molecule has 0 bridgehead atoms. The third-order valence-corrected chi connectivity index (χ3v) is 5.55. The van der Waals surface area contributed by atoms with Gasteiger partial charge in [0.05, 0.1) is 6.42 Å². The number of nitrogens with one attached hydrogen (secondary N) is 1. The number of anilines is 1. The van der Waals surface area contributed by atoms with Crippen LogP contribution in [0.5, 0.6) is 0 Å². The number of amides is 1. The minimum Gasteiger partial charge on any atom is -0.325 e.